The summed E-state index contributed by atoms with van der Waals surface area (Å²) in [6.45, 7) is 4.62. The fraction of sp³-hybridized carbons (Fsp3) is 0.562. The van der Waals surface area contributed by atoms with Gasteiger partial charge in [-0.15, -0.1) is 0 Å². The molecule has 2 rings (SSSR count). The molecule has 1 saturated carbocycles. The summed E-state index contributed by atoms with van der Waals surface area (Å²) in [5.41, 5.74) is 11.7. The van der Waals surface area contributed by atoms with Gasteiger partial charge in [-0.25, -0.2) is 0 Å². The molecule has 0 saturated heterocycles. The Kier molecular flexibility index (Phi) is 4.78. The minimum atomic E-state index is -1.11. The number of hydrogen-bond donors (Lipinski definition) is 2. The predicted octanol–water partition coefficient (Wildman–Crippen LogP) is 1.45. The lowest BCUT2D eigenvalue weighted by Gasteiger charge is -2.33. The van der Waals surface area contributed by atoms with Crippen molar-refractivity contribution in [2.45, 2.75) is 31.7 Å². The van der Waals surface area contributed by atoms with E-state index in [9.17, 15) is 4.79 Å². The first kappa shape index (κ1) is 15.0. The number of hydrogen-bond acceptors (Lipinski definition) is 3. The van der Waals surface area contributed by atoms with E-state index in [1.54, 1.807) is 0 Å². The summed E-state index contributed by atoms with van der Waals surface area (Å²) < 4.78 is 0. The molecular weight excluding hydrogens is 250 g/mol. The molecule has 0 radical (unpaired) electrons. The van der Waals surface area contributed by atoms with E-state index in [0.29, 0.717) is 6.54 Å². The van der Waals surface area contributed by atoms with Gasteiger partial charge >= 0.3 is 0 Å². The third-order valence-electron chi connectivity index (χ3n) is 3.95. The van der Waals surface area contributed by atoms with Gasteiger partial charge in [-0.05, 0) is 37.3 Å². The van der Waals surface area contributed by atoms with Crippen LogP contribution in [-0.2, 0) is 10.3 Å². The van der Waals surface area contributed by atoms with Crippen LogP contribution >= 0.6 is 0 Å². The van der Waals surface area contributed by atoms with E-state index in [2.05, 4.69) is 11.8 Å². The molecule has 20 heavy (non-hydrogen) atoms. The van der Waals surface area contributed by atoms with E-state index in [1.807, 2.05) is 30.3 Å². The second-order valence-corrected chi connectivity index (χ2v) is 5.88. The molecule has 0 bridgehead atoms. The fourth-order valence-corrected chi connectivity index (χ4v) is 2.62. The monoisotopic (exact) mass is 275 g/mol. The van der Waals surface area contributed by atoms with E-state index >= 15 is 0 Å². The molecule has 0 aliphatic heterocycles. The van der Waals surface area contributed by atoms with Crippen LogP contribution in [0.25, 0.3) is 0 Å². The van der Waals surface area contributed by atoms with E-state index in [4.69, 9.17) is 11.5 Å². The summed E-state index contributed by atoms with van der Waals surface area (Å²) in [5, 5.41) is 0. The van der Waals surface area contributed by atoms with E-state index in [-0.39, 0.29) is 0 Å². The van der Waals surface area contributed by atoms with E-state index < -0.39 is 11.4 Å². The topological polar surface area (TPSA) is 72.3 Å². The first-order chi connectivity index (χ1) is 9.56. The predicted molar refractivity (Wildman–Crippen MR) is 81.0 cm³/mol. The highest BCUT2D eigenvalue weighted by Gasteiger charge is 2.37. The van der Waals surface area contributed by atoms with Crippen LogP contribution in [0.3, 0.4) is 0 Å². The Bertz CT molecular complexity index is 444. The summed E-state index contributed by atoms with van der Waals surface area (Å²) in [6.07, 6.45) is 3.63. The zero-order valence-electron chi connectivity index (χ0n) is 12.2. The van der Waals surface area contributed by atoms with Crippen molar-refractivity contribution in [2.75, 3.05) is 19.6 Å². The lowest BCUT2D eigenvalue weighted by atomic mass is 9.89. The Hall–Kier alpha value is -1.39. The second-order valence-electron chi connectivity index (χ2n) is 5.88. The fourth-order valence-electron chi connectivity index (χ4n) is 2.62. The number of primary amides is 1. The van der Waals surface area contributed by atoms with Gasteiger partial charge in [-0.1, -0.05) is 37.3 Å². The molecule has 1 unspecified atom stereocenters. The minimum Gasteiger partial charge on any atom is -0.368 e. The van der Waals surface area contributed by atoms with Crippen LogP contribution in [0.15, 0.2) is 30.3 Å². The second kappa shape index (κ2) is 6.37. The average molecular weight is 275 g/mol. The summed E-state index contributed by atoms with van der Waals surface area (Å²) >= 11 is 0. The molecule has 1 aromatic rings. The summed E-state index contributed by atoms with van der Waals surface area (Å²) in [5.74, 6) is 0.315. The SMILES string of the molecule is CCCN(CC1CC1)CC(N)(C(N)=O)c1ccccc1. The maximum Gasteiger partial charge on any atom is 0.243 e. The maximum atomic E-state index is 11.9. The summed E-state index contributed by atoms with van der Waals surface area (Å²) in [7, 11) is 0. The van der Waals surface area contributed by atoms with Crippen molar-refractivity contribution in [3.63, 3.8) is 0 Å². The van der Waals surface area contributed by atoms with E-state index in [0.717, 1.165) is 31.0 Å². The zero-order valence-corrected chi connectivity index (χ0v) is 12.2. The Morgan fingerprint density at radius 2 is 2.00 bits per heavy atom. The molecule has 1 atom stereocenters. The largest absolute Gasteiger partial charge is 0.368 e. The van der Waals surface area contributed by atoms with Crippen molar-refractivity contribution in [1.82, 2.24) is 4.90 Å². The van der Waals surface area contributed by atoms with Crippen molar-refractivity contribution in [3.8, 4) is 0 Å². The van der Waals surface area contributed by atoms with Crippen LogP contribution in [0, 0.1) is 5.92 Å². The maximum absolute atomic E-state index is 11.9. The van der Waals surface area contributed by atoms with Gasteiger partial charge in [0.05, 0.1) is 0 Å². The van der Waals surface area contributed by atoms with Gasteiger partial charge in [-0.2, -0.15) is 0 Å². The number of carbonyl (C=O) groups excluding carboxylic acids is 1. The molecular formula is C16H25N3O. The molecule has 4 heteroatoms. The van der Waals surface area contributed by atoms with Crippen LogP contribution in [0.4, 0.5) is 0 Å². The highest BCUT2D eigenvalue weighted by Crippen LogP contribution is 2.31. The number of carbonyl (C=O) groups is 1. The van der Waals surface area contributed by atoms with Crippen LogP contribution < -0.4 is 11.5 Å². The first-order valence-electron chi connectivity index (χ1n) is 7.43. The highest BCUT2D eigenvalue weighted by molar-refractivity contribution is 5.86. The Morgan fingerprint density at radius 3 is 2.50 bits per heavy atom. The van der Waals surface area contributed by atoms with Gasteiger partial charge < -0.3 is 16.4 Å². The molecule has 1 aromatic carbocycles. The Labute approximate surface area is 121 Å². The average Bonchev–Trinajstić information content (AvgIpc) is 3.23. The molecule has 0 spiro atoms. The highest BCUT2D eigenvalue weighted by atomic mass is 16.1. The molecule has 0 heterocycles. The van der Waals surface area contributed by atoms with Gasteiger partial charge in [0.1, 0.15) is 5.54 Å². The molecule has 110 valence electrons. The number of benzene rings is 1. The summed E-state index contributed by atoms with van der Waals surface area (Å²) in [6, 6.07) is 9.47. The van der Waals surface area contributed by atoms with Crippen molar-refractivity contribution >= 4 is 5.91 Å². The lowest BCUT2D eigenvalue weighted by Crippen LogP contribution is -2.56. The van der Waals surface area contributed by atoms with Crippen molar-refractivity contribution < 1.29 is 4.79 Å². The number of rotatable bonds is 8. The van der Waals surface area contributed by atoms with E-state index in [1.165, 1.54) is 12.8 Å². The number of nitrogens with two attached hydrogens (primary N) is 2. The Balaban J connectivity index is 2.16. The van der Waals surface area contributed by atoms with Gasteiger partial charge in [0.2, 0.25) is 5.91 Å². The first-order valence-corrected chi connectivity index (χ1v) is 7.43. The van der Waals surface area contributed by atoms with Gasteiger partial charge in [-0.3, -0.25) is 4.79 Å². The third-order valence-corrected chi connectivity index (χ3v) is 3.95. The molecule has 0 aromatic heterocycles. The van der Waals surface area contributed by atoms with Gasteiger partial charge in [0.25, 0.3) is 0 Å². The van der Waals surface area contributed by atoms with Crippen molar-refractivity contribution in [3.05, 3.63) is 35.9 Å². The lowest BCUT2D eigenvalue weighted by molar-refractivity contribution is -0.124. The Morgan fingerprint density at radius 1 is 1.35 bits per heavy atom. The summed E-state index contributed by atoms with van der Waals surface area (Å²) in [4.78, 5) is 14.2. The normalized spacial score (nSPS) is 17.9. The van der Waals surface area contributed by atoms with Crippen LogP contribution in [0.1, 0.15) is 31.7 Å². The molecule has 1 aliphatic rings. The molecule has 1 amide bonds. The zero-order chi connectivity index (χ0) is 14.6. The minimum absolute atomic E-state index is 0.458. The number of nitrogens with zero attached hydrogens (tertiary/aromatic N) is 1. The van der Waals surface area contributed by atoms with Gasteiger partial charge in [0.15, 0.2) is 0 Å². The molecule has 1 fully saturated rings. The molecule has 4 N–H and O–H groups in total. The third kappa shape index (κ3) is 3.58. The van der Waals surface area contributed by atoms with Crippen molar-refractivity contribution in [1.29, 1.82) is 0 Å². The number of amides is 1. The standard InChI is InChI=1S/C16H25N3O/c1-2-10-19(11-13-8-9-13)12-16(18,15(17)20)14-6-4-3-5-7-14/h3-7,13H,2,8-12,18H2,1H3,(H2,17,20). The molecule has 1 aliphatic carbocycles. The van der Waals surface area contributed by atoms with Crippen molar-refractivity contribution in [2.24, 2.45) is 17.4 Å². The smallest absolute Gasteiger partial charge is 0.243 e. The van der Waals surface area contributed by atoms with Crippen LogP contribution in [0.5, 0.6) is 0 Å². The van der Waals surface area contributed by atoms with Crippen LogP contribution in [-0.4, -0.2) is 30.4 Å². The van der Waals surface area contributed by atoms with Crippen LogP contribution in [0.2, 0.25) is 0 Å². The van der Waals surface area contributed by atoms with Gasteiger partial charge in [0, 0.05) is 13.1 Å². The quantitative estimate of drug-likeness (QED) is 0.754. The molecule has 4 nitrogen and oxygen atoms in total.